The van der Waals surface area contributed by atoms with Gasteiger partial charge in [0, 0.05) is 32.2 Å². The van der Waals surface area contributed by atoms with Crippen LogP contribution in [0, 0.1) is 23.0 Å². The summed E-state index contributed by atoms with van der Waals surface area (Å²) in [5.41, 5.74) is 3.25. The molecule has 0 N–H and O–H groups in total. The van der Waals surface area contributed by atoms with Crippen molar-refractivity contribution in [3.05, 3.63) is 104 Å². The molecule has 0 aliphatic carbocycles. The Morgan fingerprint density at radius 1 is 0.947 bits per heavy atom. The van der Waals surface area contributed by atoms with E-state index in [1.165, 1.54) is 28.8 Å². The molecule has 0 radical (unpaired) electrons. The summed E-state index contributed by atoms with van der Waals surface area (Å²) in [6, 6.07) is 18.1. The Morgan fingerprint density at radius 3 is 2.08 bits per heavy atom. The number of piperazine rings is 1. The minimum atomic E-state index is -0.364. The fraction of sp³-hybridized carbons (Fsp3) is 0.276. The minimum Gasteiger partial charge on any atom is -0.363 e. The van der Waals surface area contributed by atoms with Crippen LogP contribution in [-0.4, -0.2) is 39.6 Å². The molecule has 0 bridgehead atoms. The van der Waals surface area contributed by atoms with E-state index in [1.54, 1.807) is 37.4 Å². The van der Waals surface area contributed by atoms with Crippen LogP contribution in [0.1, 0.15) is 36.6 Å². The maximum atomic E-state index is 13.8. The predicted octanol–water partition coefficient (Wildman–Crippen LogP) is 5.53. The molecule has 6 nitrogen and oxygen atoms in total. The minimum absolute atomic E-state index is 0.0379. The Morgan fingerprint density at radius 2 is 1.53 bits per heavy atom. The largest absolute Gasteiger partial charge is 0.363 e. The maximum Gasteiger partial charge on any atom is 0.270 e. The second-order valence-corrected chi connectivity index (χ2v) is 10.6. The van der Waals surface area contributed by atoms with Gasteiger partial charge < -0.3 is 9.47 Å². The molecule has 194 valence electrons. The van der Waals surface area contributed by atoms with E-state index in [-0.39, 0.29) is 40.9 Å². The summed E-state index contributed by atoms with van der Waals surface area (Å²) < 4.78 is 29.6. The molecular weight excluding hydrogens is 552 g/mol. The van der Waals surface area contributed by atoms with Crippen molar-refractivity contribution in [2.45, 2.75) is 32.0 Å². The van der Waals surface area contributed by atoms with Crippen LogP contribution >= 0.6 is 15.9 Å². The topological polar surface area (TPSA) is 65.2 Å². The molecule has 2 atom stereocenters. The van der Waals surface area contributed by atoms with Gasteiger partial charge in [-0.2, -0.15) is 5.26 Å². The van der Waals surface area contributed by atoms with E-state index in [0.717, 1.165) is 11.1 Å². The van der Waals surface area contributed by atoms with Gasteiger partial charge in [-0.25, -0.2) is 13.8 Å². The highest BCUT2D eigenvalue weighted by Crippen LogP contribution is 2.37. The van der Waals surface area contributed by atoms with Crippen LogP contribution in [-0.2, 0) is 7.05 Å². The number of anilines is 1. The van der Waals surface area contributed by atoms with Crippen molar-refractivity contribution in [2.24, 2.45) is 7.05 Å². The smallest absolute Gasteiger partial charge is 0.270 e. The Balaban J connectivity index is 1.59. The summed E-state index contributed by atoms with van der Waals surface area (Å²) in [6.07, 6.45) is 0. The monoisotopic (exact) mass is 577 g/mol. The van der Waals surface area contributed by atoms with Crippen molar-refractivity contribution in [1.82, 2.24) is 14.5 Å². The first kappa shape index (κ1) is 26.0. The molecule has 1 aliphatic rings. The third-order valence-electron chi connectivity index (χ3n) is 7.32. The van der Waals surface area contributed by atoms with Gasteiger partial charge >= 0.3 is 0 Å². The second-order valence-electron chi connectivity index (χ2n) is 9.75. The van der Waals surface area contributed by atoms with E-state index in [4.69, 9.17) is 0 Å². The summed E-state index contributed by atoms with van der Waals surface area (Å²) in [7, 11) is 1.64. The third kappa shape index (κ3) is 4.59. The van der Waals surface area contributed by atoms with E-state index in [2.05, 4.69) is 43.7 Å². The van der Waals surface area contributed by atoms with E-state index in [1.807, 2.05) is 13.0 Å². The number of hydrogen-bond acceptors (Lipinski definition) is 5. The molecular formula is C29H26BrF2N5O. The molecule has 38 heavy (non-hydrogen) atoms. The highest BCUT2D eigenvalue weighted by Gasteiger charge is 2.37. The fourth-order valence-corrected chi connectivity index (χ4v) is 5.75. The SMILES string of the molecule is C[C@@H]1CN(C(c2ccc(F)cc2)c2ccc(F)cc2)[C@@H](C)CN1c1c(C#N)c(=O)n(C)c2ccc(Br)nc12. The zero-order chi connectivity index (χ0) is 27.1. The van der Waals surface area contributed by atoms with Gasteiger partial charge in [-0.1, -0.05) is 24.3 Å². The zero-order valence-electron chi connectivity index (χ0n) is 21.2. The number of nitriles is 1. The van der Waals surface area contributed by atoms with E-state index >= 15 is 0 Å². The van der Waals surface area contributed by atoms with Crippen LogP contribution in [0.5, 0.6) is 0 Å². The number of pyridine rings is 2. The van der Waals surface area contributed by atoms with Crippen molar-refractivity contribution in [2.75, 3.05) is 18.0 Å². The first-order chi connectivity index (χ1) is 18.2. The summed E-state index contributed by atoms with van der Waals surface area (Å²) >= 11 is 3.44. The Hall–Kier alpha value is -3.61. The number of benzene rings is 2. The van der Waals surface area contributed by atoms with Gasteiger partial charge in [0.1, 0.15) is 33.4 Å². The van der Waals surface area contributed by atoms with E-state index < -0.39 is 0 Å². The second kappa shape index (κ2) is 10.3. The summed E-state index contributed by atoms with van der Waals surface area (Å²) in [5, 5.41) is 10.0. The van der Waals surface area contributed by atoms with Gasteiger partial charge in [-0.3, -0.25) is 9.69 Å². The molecule has 0 amide bonds. The predicted molar refractivity (Wildman–Crippen MR) is 147 cm³/mol. The van der Waals surface area contributed by atoms with Crippen molar-refractivity contribution in [1.29, 1.82) is 5.26 Å². The highest BCUT2D eigenvalue weighted by atomic mass is 79.9. The molecule has 4 aromatic rings. The number of rotatable bonds is 4. The number of aromatic nitrogens is 2. The third-order valence-corrected chi connectivity index (χ3v) is 7.76. The van der Waals surface area contributed by atoms with Gasteiger partial charge in [0.15, 0.2) is 0 Å². The van der Waals surface area contributed by atoms with Gasteiger partial charge in [0.05, 0.1) is 17.2 Å². The van der Waals surface area contributed by atoms with Crippen molar-refractivity contribution >= 4 is 32.7 Å². The van der Waals surface area contributed by atoms with Crippen LogP contribution in [0.4, 0.5) is 14.5 Å². The molecule has 5 rings (SSSR count). The average Bonchev–Trinajstić information content (AvgIpc) is 2.90. The molecule has 2 aromatic heterocycles. The lowest BCUT2D eigenvalue weighted by atomic mass is 9.93. The van der Waals surface area contributed by atoms with Crippen molar-refractivity contribution in [3.63, 3.8) is 0 Å². The molecule has 0 spiro atoms. The van der Waals surface area contributed by atoms with Crippen molar-refractivity contribution in [3.8, 4) is 6.07 Å². The van der Waals surface area contributed by atoms with E-state index in [9.17, 15) is 18.8 Å². The molecule has 1 fully saturated rings. The maximum absolute atomic E-state index is 13.8. The van der Waals surface area contributed by atoms with Crippen molar-refractivity contribution < 1.29 is 8.78 Å². The standard InChI is InChI=1S/C29H26BrF2N5O/c1-17-16-37(28-23(14-33)29(38)35(3)24-12-13-25(30)34-26(24)28)18(2)15-36(17)27(19-4-8-21(31)9-5-19)20-6-10-22(32)11-7-20/h4-13,17-18,27H,15-16H2,1-3H3/t17-,18+/m0/s1. The quantitative estimate of drug-likeness (QED) is 0.298. The fourth-order valence-electron chi connectivity index (χ4n) is 5.44. The van der Waals surface area contributed by atoms with Crippen LogP contribution in [0.2, 0.25) is 0 Å². The first-order valence-electron chi connectivity index (χ1n) is 12.3. The Kier molecular flexibility index (Phi) is 7.03. The lowest BCUT2D eigenvalue weighted by molar-refractivity contribution is 0.130. The molecule has 2 aromatic carbocycles. The number of aryl methyl sites for hydroxylation is 1. The first-order valence-corrected chi connectivity index (χ1v) is 13.1. The summed E-state index contributed by atoms with van der Waals surface area (Å²) in [4.78, 5) is 22.2. The normalized spacial score (nSPS) is 18.2. The zero-order valence-corrected chi connectivity index (χ0v) is 22.8. The number of fused-ring (bicyclic) bond motifs is 1. The molecule has 1 saturated heterocycles. The lowest BCUT2D eigenvalue weighted by Gasteiger charge is -2.48. The van der Waals surface area contributed by atoms with Crippen LogP contribution in [0.15, 0.2) is 70.1 Å². The molecule has 1 aliphatic heterocycles. The van der Waals surface area contributed by atoms with Gasteiger partial charge in [0.25, 0.3) is 5.56 Å². The number of halogens is 3. The Labute approximate surface area is 227 Å². The molecule has 3 heterocycles. The summed E-state index contributed by atoms with van der Waals surface area (Å²) in [5.74, 6) is -0.642. The average molecular weight is 578 g/mol. The number of nitrogens with zero attached hydrogens (tertiary/aromatic N) is 5. The van der Waals surface area contributed by atoms with E-state index in [0.29, 0.717) is 34.4 Å². The van der Waals surface area contributed by atoms with Gasteiger partial charge in [-0.05, 0) is 77.3 Å². The van der Waals surface area contributed by atoms with Crippen LogP contribution < -0.4 is 10.5 Å². The van der Waals surface area contributed by atoms with Gasteiger partial charge in [-0.15, -0.1) is 0 Å². The summed E-state index contributed by atoms with van der Waals surface area (Å²) in [6.45, 7) is 5.23. The lowest BCUT2D eigenvalue weighted by Crippen LogP contribution is -2.58. The molecule has 0 saturated carbocycles. The highest BCUT2D eigenvalue weighted by molar-refractivity contribution is 9.10. The molecule has 9 heteroatoms. The van der Waals surface area contributed by atoms with Gasteiger partial charge in [0.2, 0.25) is 0 Å². The molecule has 0 unspecified atom stereocenters. The number of hydrogen-bond donors (Lipinski definition) is 0. The Bertz CT molecular complexity index is 1550. The van der Waals surface area contributed by atoms with Crippen LogP contribution in [0.25, 0.3) is 11.0 Å². The van der Waals surface area contributed by atoms with Crippen LogP contribution in [0.3, 0.4) is 0 Å².